The molecule has 4 nitrogen and oxygen atoms in total. The first kappa shape index (κ1) is 13.1. The van der Waals surface area contributed by atoms with Gasteiger partial charge in [-0.15, -0.1) is 0 Å². The van der Waals surface area contributed by atoms with Gasteiger partial charge in [-0.25, -0.2) is 0 Å². The summed E-state index contributed by atoms with van der Waals surface area (Å²) in [7, 11) is 5.95. The predicted molar refractivity (Wildman–Crippen MR) is 73.8 cm³/mol. The van der Waals surface area contributed by atoms with Gasteiger partial charge in [0, 0.05) is 18.3 Å². The van der Waals surface area contributed by atoms with Crippen LogP contribution in [0.3, 0.4) is 0 Å². The maximum absolute atomic E-state index is 12.1. The Morgan fingerprint density at radius 3 is 2.78 bits per heavy atom. The second-order valence-electron chi connectivity index (χ2n) is 5.00. The van der Waals surface area contributed by atoms with E-state index in [0.717, 1.165) is 30.8 Å². The summed E-state index contributed by atoms with van der Waals surface area (Å²) in [6.07, 6.45) is 1.04. The van der Waals surface area contributed by atoms with E-state index in [1.807, 2.05) is 31.3 Å². The predicted octanol–water partition coefficient (Wildman–Crippen LogP) is 1.25. The van der Waals surface area contributed by atoms with E-state index in [1.54, 1.807) is 4.90 Å². The molecule has 0 bridgehead atoms. The van der Waals surface area contributed by atoms with Gasteiger partial charge in [-0.1, -0.05) is 18.2 Å². The number of rotatable bonds is 5. The number of anilines is 1. The van der Waals surface area contributed by atoms with Gasteiger partial charge in [0.25, 0.3) is 0 Å². The van der Waals surface area contributed by atoms with Gasteiger partial charge in [-0.05, 0) is 39.7 Å². The van der Waals surface area contributed by atoms with E-state index in [1.165, 1.54) is 0 Å². The van der Waals surface area contributed by atoms with Crippen LogP contribution in [-0.2, 0) is 4.79 Å². The number of nitrogens with zero attached hydrogens (tertiary/aromatic N) is 2. The molecule has 1 aliphatic rings. The summed E-state index contributed by atoms with van der Waals surface area (Å²) in [5.74, 6) is 0.140. The molecule has 0 aliphatic carbocycles. The molecule has 1 amide bonds. The van der Waals surface area contributed by atoms with Gasteiger partial charge in [0.1, 0.15) is 6.04 Å². The van der Waals surface area contributed by atoms with Crippen LogP contribution in [-0.4, -0.2) is 45.0 Å². The monoisotopic (exact) mass is 247 g/mol. The van der Waals surface area contributed by atoms with Crippen LogP contribution in [0.25, 0.3) is 0 Å². The molecule has 1 aromatic carbocycles. The first-order valence-corrected chi connectivity index (χ1v) is 6.36. The minimum atomic E-state index is -0.173. The number of carbonyl (C=O) groups excluding carboxylic acids is 1. The van der Waals surface area contributed by atoms with Crippen molar-refractivity contribution in [2.75, 3.05) is 39.1 Å². The third kappa shape index (κ3) is 2.54. The number of benzene rings is 1. The molecule has 0 aromatic heterocycles. The van der Waals surface area contributed by atoms with Crippen LogP contribution < -0.4 is 10.2 Å². The number of carbonyl (C=O) groups is 1. The number of likely N-dealkylation sites (N-methyl/N-ethyl adjacent to an activating group) is 1. The van der Waals surface area contributed by atoms with Crippen molar-refractivity contribution in [1.29, 1.82) is 0 Å². The van der Waals surface area contributed by atoms with E-state index in [9.17, 15) is 4.79 Å². The topological polar surface area (TPSA) is 35.6 Å². The second-order valence-corrected chi connectivity index (χ2v) is 5.00. The summed E-state index contributed by atoms with van der Waals surface area (Å²) in [6.45, 7) is 1.89. The molecular formula is C14H21N3O. The van der Waals surface area contributed by atoms with Crippen molar-refractivity contribution >= 4 is 11.6 Å². The molecule has 1 aromatic rings. The normalized spacial score (nSPS) is 18.6. The zero-order valence-electron chi connectivity index (χ0n) is 11.3. The highest BCUT2D eigenvalue weighted by molar-refractivity contribution is 6.04. The fraction of sp³-hybridized carbons (Fsp3) is 0.500. The smallest absolute Gasteiger partial charge is 0.248 e. The van der Waals surface area contributed by atoms with Crippen LogP contribution in [0.15, 0.2) is 24.3 Å². The fourth-order valence-corrected chi connectivity index (χ4v) is 2.32. The fourth-order valence-electron chi connectivity index (χ4n) is 2.32. The van der Waals surface area contributed by atoms with Crippen molar-refractivity contribution in [2.24, 2.45) is 0 Å². The van der Waals surface area contributed by atoms with Crippen molar-refractivity contribution in [3.8, 4) is 0 Å². The quantitative estimate of drug-likeness (QED) is 0.795. The number of amides is 1. The maximum atomic E-state index is 12.1. The van der Waals surface area contributed by atoms with Gasteiger partial charge in [-0.3, -0.25) is 4.79 Å². The first-order chi connectivity index (χ1) is 8.61. The number of fused-ring (bicyclic) bond motifs is 1. The zero-order chi connectivity index (χ0) is 13.1. The lowest BCUT2D eigenvalue weighted by atomic mass is 10.1. The molecule has 0 radical (unpaired) electrons. The van der Waals surface area contributed by atoms with Gasteiger partial charge in [0.2, 0.25) is 5.91 Å². The highest BCUT2D eigenvalue weighted by Gasteiger charge is 2.33. The standard InChI is InChI=1S/C14H21N3O/c1-16(2)10-6-9-15-13-11-7-4-5-8-12(11)17(3)14(13)18/h4-5,7-8,13,15H,6,9-10H2,1-3H3. The Bertz CT molecular complexity index is 431. The lowest BCUT2D eigenvalue weighted by Crippen LogP contribution is -2.33. The van der Waals surface area contributed by atoms with Crippen molar-refractivity contribution < 1.29 is 4.79 Å². The zero-order valence-corrected chi connectivity index (χ0v) is 11.3. The molecule has 4 heteroatoms. The van der Waals surface area contributed by atoms with Crippen LogP contribution in [0.1, 0.15) is 18.0 Å². The molecule has 2 rings (SSSR count). The lowest BCUT2D eigenvalue weighted by Gasteiger charge is -2.14. The SMILES string of the molecule is CN(C)CCCNC1C(=O)N(C)c2ccccc21. The van der Waals surface area contributed by atoms with Crippen molar-refractivity contribution in [2.45, 2.75) is 12.5 Å². The average molecular weight is 247 g/mol. The minimum Gasteiger partial charge on any atom is -0.313 e. The molecule has 1 atom stereocenters. The molecule has 0 saturated heterocycles. The Balaban J connectivity index is 1.99. The van der Waals surface area contributed by atoms with E-state index in [-0.39, 0.29) is 11.9 Å². The molecular weight excluding hydrogens is 226 g/mol. The molecule has 18 heavy (non-hydrogen) atoms. The molecule has 0 spiro atoms. The van der Waals surface area contributed by atoms with E-state index in [4.69, 9.17) is 0 Å². The average Bonchev–Trinajstić information content (AvgIpc) is 2.59. The summed E-state index contributed by atoms with van der Waals surface area (Å²) >= 11 is 0. The van der Waals surface area contributed by atoms with Gasteiger partial charge < -0.3 is 15.1 Å². The largest absolute Gasteiger partial charge is 0.313 e. The Kier molecular flexibility index (Phi) is 3.99. The molecule has 1 unspecified atom stereocenters. The van der Waals surface area contributed by atoms with E-state index in [2.05, 4.69) is 24.3 Å². The lowest BCUT2D eigenvalue weighted by molar-refractivity contribution is -0.119. The van der Waals surface area contributed by atoms with Crippen LogP contribution in [0.5, 0.6) is 0 Å². The summed E-state index contributed by atoms with van der Waals surface area (Å²) in [5, 5.41) is 3.36. The molecule has 0 fully saturated rings. The Hall–Kier alpha value is -1.39. The van der Waals surface area contributed by atoms with Crippen LogP contribution in [0, 0.1) is 0 Å². The van der Waals surface area contributed by atoms with E-state index in [0.29, 0.717) is 0 Å². The van der Waals surface area contributed by atoms with Crippen molar-refractivity contribution in [3.05, 3.63) is 29.8 Å². The van der Waals surface area contributed by atoms with E-state index < -0.39 is 0 Å². The molecule has 1 N–H and O–H groups in total. The third-order valence-corrected chi connectivity index (χ3v) is 3.32. The van der Waals surface area contributed by atoms with Crippen LogP contribution >= 0.6 is 0 Å². The Morgan fingerprint density at radius 1 is 1.33 bits per heavy atom. The first-order valence-electron chi connectivity index (χ1n) is 6.36. The number of hydrogen-bond donors (Lipinski definition) is 1. The van der Waals surface area contributed by atoms with Gasteiger partial charge in [0.05, 0.1) is 0 Å². The highest BCUT2D eigenvalue weighted by atomic mass is 16.2. The van der Waals surface area contributed by atoms with Gasteiger partial charge in [-0.2, -0.15) is 0 Å². The number of nitrogens with one attached hydrogen (secondary N) is 1. The molecule has 1 aliphatic heterocycles. The highest BCUT2D eigenvalue weighted by Crippen LogP contribution is 2.34. The minimum absolute atomic E-state index is 0.140. The number of hydrogen-bond acceptors (Lipinski definition) is 3. The second kappa shape index (κ2) is 5.50. The third-order valence-electron chi connectivity index (χ3n) is 3.32. The Morgan fingerprint density at radius 2 is 2.06 bits per heavy atom. The van der Waals surface area contributed by atoms with Gasteiger partial charge >= 0.3 is 0 Å². The van der Waals surface area contributed by atoms with Crippen molar-refractivity contribution in [3.63, 3.8) is 0 Å². The molecule has 1 heterocycles. The van der Waals surface area contributed by atoms with Crippen LogP contribution in [0.2, 0.25) is 0 Å². The summed E-state index contributed by atoms with van der Waals surface area (Å²) in [6, 6.07) is 7.81. The maximum Gasteiger partial charge on any atom is 0.248 e. The van der Waals surface area contributed by atoms with Gasteiger partial charge in [0.15, 0.2) is 0 Å². The summed E-state index contributed by atoms with van der Waals surface area (Å²) in [5.41, 5.74) is 2.11. The molecule has 0 saturated carbocycles. The van der Waals surface area contributed by atoms with Crippen molar-refractivity contribution in [1.82, 2.24) is 10.2 Å². The Labute approximate surface area is 109 Å². The van der Waals surface area contributed by atoms with E-state index >= 15 is 0 Å². The summed E-state index contributed by atoms with van der Waals surface area (Å²) in [4.78, 5) is 16.0. The molecule has 98 valence electrons. The summed E-state index contributed by atoms with van der Waals surface area (Å²) < 4.78 is 0. The number of para-hydroxylation sites is 1. The van der Waals surface area contributed by atoms with Crippen LogP contribution in [0.4, 0.5) is 5.69 Å².